The van der Waals surface area contributed by atoms with Gasteiger partial charge in [-0.25, -0.2) is 4.98 Å². The Labute approximate surface area is 151 Å². The van der Waals surface area contributed by atoms with E-state index in [1.165, 1.54) is 30.5 Å². The van der Waals surface area contributed by atoms with Gasteiger partial charge < -0.3 is 4.57 Å². The van der Waals surface area contributed by atoms with Crippen molar-refractivity contribution in [2.24, 2.45) is 0 Å². The molecule has 1 fully saturated rings. The van der Waals surface area contributed by atoms with Crippen molar-refractivity contribution in [3.63, 3.8) is 0 Å². The Kier molecular flexibility index (Phi) is 3.87. The van der Waals surface area contributed by atoms with E-state index in [9.17, 15) is 18.0 Å². The van der Waals surface area contributed by atoms with Gasteiger partial charge >= 0.3 is 6.18 Å². The summed E-state index contributed by atoms with van der Waals surface area (Å²) in [4.78, 5) is 16.7. The van der Waals surface area contributed by atoms with Gasteiger partial charge in [0.25, 0.3) is 5.91 Å². The molecule has 27 heavy (non-hydrogen) atoms. The van der Waals surface area contributed by atoms with Gasteiger partial charge in [-0.3, -0.25) is 14.8 Å². The smallest absolute Gasteiger partial charge is 0.301 e. The minimum atomic E-state index is -4.52. The summed E-state index contributed by atoms with van der Waals surface area (Å²) in [5.41, 5.74) is 0.845. The summed E-state index contributed by atoms with van der Waals surface area (Å²) in [6, 6.07) is 7.77. The van der Waals surface area contributed by atoms with Crippen molar-refractivity contribution in [2.45, 2.75) is 31.6 Å². The molecule has 1 amide bonds. The summed E-state index contributed by atoms with van der Waals surface area (Å²) in [6.07, 6.45) is -1.23. The van der Waals surface area contributed by atoms with Gasteiger partial charge in [0, 0.05) is 6.20 Å². The van der Waals surface area contributed by atoms with Gasteiger partial charge in [-0.1, -0.05) is 0 Å². The Bertz CT molecular complexity index is 1070. The summed E-state index contributed by atoms with van der Waals surface area (Å²) in [7, 11) is 0. The first kappa shape index (κ1) is 17.1. The Morgan fingerprint density at radius 3 is 2.78 bits per heavy atom. The normalized spacial score (nSPS) is 14.3. The Hall–Kier alpha value is -3.35. The zero-order valence-electron chi connectivity index (χ0n) is 13.9. The molecule has 138 valence electrons. The highest BCUT2D eigenvalue weighted by Crippen LogP contribution is 2.35. The van der Waals surface area contributed by atoms with Crippen molar-refractivity contribution in [3.05, 3.63) is 41.7 Å². The van der Waals surface area contributed by atoms with Crippen LogP contribution in [0.25, 0.3) is 11.0 Å². The van der Waals surface area contributed by atoms with Crippen molar-refractivity contribution in [1.29, 1.82) is 5.26 Å². The molecule has 2 aromatic heterocycles. The van der Waals surface area contributed by atoms with E-state index in [1.54, 1.807) is 4.68 Å². The number of alkyl halides is 3. The second kappa shape index (κ2) is 6.12. The number of hydrogen-bond donors (Lipinski definition) is 1. The number of carbonyl (C=O) groups is 1. The number of nitrogens with zero attached hydrogens (tertiary/aromatic N) is 5. The number of halogens is 3. The molecule has 1 aromatic carbocycles. The summed E-state index contributed by atoms with van der Waals surface area (Å²) >= 11 is 0. The van der Waals surface area contributed by atoms with Crippen LogP contribution in [0.4, 0.5) is 19.1 Å². The van der Waals surface area contributed by atoms with Crippen LogP contribution in [0.3, 0.4) is 0 Å². The number of anilines is 1. The van der Waals surface area contributed by atoms with E-state index in [2.05, 4.69) is 15.4 Å². The second-order valence-electron chi connectivity index (χ2n) is 6.30. The third-order valence-corrected chi connectivity index (χ3v) is 4.24. The highest BCUT2D eigenvalue weighted by molar-refractivity contribution is 6.03. The van der Waals surface area contributed by atoms with Crippen LogP contribution >= 0.6 is 0 Å². The third kappa shape index (κ3) is 3.36. The lowest BCUT2D eigenvalue weighted by molar-refractivity contribution is -0.139. The number of nitrogens with one attached hydrogen (secondary N) is 1. The largest absolute Gasteiger partial charge is 0.406 e. The summed E-state index contributed by atoms with van der Waals surface area (Å²) in [6.45, 7) is -1.34. The number of aromatic nitrogens is 4. The SMILES string of the molecule is N#Cc1ccc2nc(NC(=O)c3ccnn3C3CC3)n(CC(F)(F)F)c2c1. The van der Waals surface area contributed by atoms with Crippen LogP contribution in [0.2, 0.25) is 0 Å². The average molecular weight is 374 g/mol. The molecule has 10 heteroatoms. The van der Waals surface area contributed by atoms with E-state index in [-0.39, 0.29) is 34.3 Å². The fraction of sp³-hybridized carbons (Fsp3) is 0.294. The molecule has 7 nitrogen and oxygen atoms in total. The molecular weight excluding hydrogens is 361 g/mol. The quantitative estimate of drug-likeness (QED) is 0.759. The van der Waals surface area contributed by atoms with Gasteiger partial charge in [0.1, 0.15) is 12.2 Å². The Morgan fingerprint density at radius 1 is 1.33 bits per heavy atom. The van der Waals surface area contributed by atoms with Crippen LogP contribution in [0.15, 0.2) is 30.5 Å². The number of carbonyl (C=O) groups excluding carboxylic acids is 1. The van der Waals surface area contributed by atoms with E-state index < -0.39 is 18.6 Å². The molecular formula is C17H13F3N6O. The number of hydrogen-bond acceptors (Lipinski definition) is 4. The minimum Gasteiger partial charge on any atom is -0.301 e. The molecule has 2 heterocycles. The lowest BCUT2D eigenvalue weighted by Crippen LogP contribution is -2.23. The average Bonchev–Trinajstić information content (AvgIpc) is 3.25. The van der Waals surface area contributed by atoms with Crippen LogP contribution in [0, 0.1) is 11.3 Å². The highest BCUT2D eigenvalue weighted by Gasteiger charge is 2.32. The first-order valence-electron chi connectivity index (χ1n) is 8.18. The zero-order valence-corrected chi connectivity index (χ0v) is 13.9. The predicted molar refractivity (Wildman–Crippen MR) is 89.0 cm³/mol. The lowest BCUT2D eigenvalue weighted by Gasteiger charge is -2.13. The summed E-state index contributed by atoms with van der Waals surface area (Å²) < 4.78 is 41.6. The molecule has 1 aliphatic rings. The lowest BCUT2D eigenvalue weighted by atomic mass is 10.2. The van der Waals surface area contributed by atoms with Crippen molar-refractivity contribution in [1.82, 2.24) is 19.3 Å². The molecule has 3 aromatic rings. The predicted octanol–water partition coefficient (Wildman–Crippen LogP) is 3.25. The number of imidazole rings is 1. The van der Waals surface area contributed by atoms with E-state index >= 15 is 0 Å². The molecule has 0 bridgehead atoms. The monoisotopic (exact) mass is 374 g/mol. The van der Waals surface area contributed by atoms with Gasteiger partial charge in [-0.2, -0.15) is 23.5 Å². The van der Waals surface area contributed by atoms with Gasteiger partial charge in [-0.05, 0) is 37.1 Å². The standard InChI is InChI=1S/C17H13F3N6O/c18-17(19,20)9-25-14-7-10(8-21)1-4-12(14)23-16(25)24-15(27)13-5-6-22-26(13)11-2-3-11/h1,4-7,11H,2-3,9H2,(H,23,24,27). The topological polar surface area (TPSA) is 88.5 Å². The molecule has 4 rings (SSSR count). The van der Waals surface area contributed by atoms with E-state index in [0.29, 0.717) is 0 Å². The fourth-order valence-corrected chi connectivity index (χ4v) is 2.90. The van der Waals surface area contributed by atoms with Crippen LogP contribution in [-0.2, 0) is 6.54 Å². The van der Waals surface area contributed by atoms with Crippen molar-refractivity contribution in [3.8, 4) is 6.07 Å². The molecule has 0 unspecified atom stereocenters. The van der Waals surface area contributed by atoms with E-state index in [0.717, 1.165) is 17.4 Å². The Morgan fingerprint density at radius 2 is 2.11 bits per heavy atom. The van der Waals surface area contributed by atoms with Crippen molar-refractivity contribution in [2.75, 3.05) is 5.32 Å². The number of benzene rings is 1. The van der Waals surface area contributed by atoms with Crippen LogP contribution < -0.4 is 5.32 Å². The zero-order chi connectivity index (χ0) is 19.2. The molecule has 0 spiro atoms. The summed E-state index contributed by atoms with van der Waals surface area (Å²) in [5, 5.41) is 15.6. The van der Waals surface area contributed by atoms with Crippen molar-refractivity contribution >= 4 is 22.9 Å². The maximum absolute atomic E-state index is 13.1. The number of nitriles is 1. The molecule has 0 saturated heterocycles. The molecule has 1 saturated carbocycles. The maximum Gasteiger partial charge on any atom is 0.406 e. The molecule has 1 N–H and O–H groups in total. The van der Waals surface area contributed by atoms with Gasteiger partial charge in [0.15, 0.2) is 0 Å². The Balaban J connectivity index is 1.73. The number of rotatable bonds is 4. The number of fused-ring (bicyclic) bond motifs is 1. The second-order valence-corrected chi connectivity index (χ2v) is 6.30. The summed E-state index contributed by atoms with van der Waals surface area (Å²) in [5.74, 6) is -0.815. The molecule has 0 aliphatic heterocycles. The van der Waals surface area contributed by atoms with Gasteiger partial charge in [0.05, 0.1) is 28.7 Å². The van der Waals surface area contributed by atoms with E-state index in [4.69, 9.17) is 5.26 Å². The minimum absolute atomic E-state index is 0.123. The molecule has 1 aliphatic carbocycles. The first-order valence-corrected chi connectivity index (χ1v) is 8.18. The fourth-order valence-electron chi connectivity index (χ4n) is 2.90. The van der Waals surface area contributed by atoms with Crippen molar-refractivity contribution < 1.29 is 18.0 Å². The van der Waals surface area contributed by atoms with Crippen LogP contribution in [0.1, 0.15) is 34.9 Å². The third-order valence-electron chi connectivity index (χ3n) is 4.24. The highest BCUT2D eigenvalue weighted by atomic mass is 19.4. The first-order chi connectivity index (χ1) is 12.9. The number of amides is 1. The van der Waals surface area contributed by atoms with Crippen LogP contribution in [0.5, 0.6) is 0 Å². The van der Waals surface area contributed by atoms with Gasteiger partial charge in [-0.15, -0.1) is 0 Å². The molecule has 0 radical (unpaired) electrons. The molecule has 0 atom stereocenters. The van der Waals surface area contributed by atoms with Gasteiger partial charge in [0.2, 0.25) is 5.95 Å². The van der Waals surface area contributed by atoms with Crippen LogP contribution in [-0.4, -0.2) is 31.4 Å². The van der Waals surface area contributed by atoms with E-state index in [1.807, 2.05) is 6.07 Å². The maximum atomic E-state index is 13.1.